The first-order chi connectivity index (χ1) is 10.2. The number of benzene rings is 1. The Morgan fingerprint density at radius 1 is 1.43 bits per heavy atom. The number of methoxy groups -OCH3 is 1. The van der Waals surface area contributed by atoms with Gasteiger partial charge in [0.25, 0.3) is 0 Å². The van der Waals surface area contributed by atoms with Gasteiger partial charge >= 0.3 is 6.09 Å². The second kappa shape index (κ2) is 7.52. The molecule has 6 heteroatoms. The van der Waals surface area contributed by atoms with Crippen molar-refractivity contribution < 1.29 is 14.3 Å². The Bertz CT molecular complexity index is 499. The number of carbonyl (C=O) groups excluding carboxylic acids is 1. The number of hydrogen-bond donors (Lipinski definition) is 2. The molecular weight excluding hydrogens is 270 g/mol. The summed E-state index contributed by atoms with van der Waals surface area (Å²) in [5.74, 6) is 1.63. The van der Waals surface area contributed by atoms with E-state index in [0.29, 0.717) is 12.5 Å². The van der Waals surface area contributed by atoms with E-state index in [1.54, 1.807) is 0 Å². The molecule has 2 rings (SSSR count). The molecule has 2 N–H and O–H groups in total. The van der Waals surface area contributed by atoms with Crippen molar-refractivity contribution in [2.45, 2.75) is 19.3 Å². The first-order valence-corrected chi connectivity index (χ1v) is 7.09. The fourth-order valence-corrected chi connectivity index (χ4v) is 2.05. The lowest BCUT2D eigenvalue weighted by Crippen LogP contribution is -2.45. The van der Waals surface area contributed by atoms with Crippen molar-refractivity contribution in [3.63, 3.8) is 0 Å². The highest BCUT2D eigenvalue weighted by molar-refractivity contribution is 5.94. The van der Waals surface area contributed by atoms with Gasteiger partial charge in [-0.15, -0.1) is 0 Å². The molecule has 1 amide bonds. The molecule has 1 aromatic carbocycles. The Morgan fingerprint density at radius 2 is 2.19 bits per heavy atom. The van der Waals surface area contributed by atoms with Crippen LogP contribution in [0.3, 0.4) is 0 Å². The standard InChI is InChI=1S/C15H21N3O3/c1-3-8-21-13-6-4-11(5-7-13)12-9-16-14(17-10-12)18-15(19)20-2/h4-7,12H,3,8-10H2,1-2H3,(H2,16,17,18,19). The van der Waals surface area contributed by atoms with Gasteiger partial charge in [-0.3, -0.25) is 10.3 Å². The van der Waals surface area contributed by atoms with Crippen LogP contribution >= 0.6 is 0 Å². The second-order valence-electron chi connectivity index (χ2n) is 4.80. The molecule has 0 saturated heterocycles. The van der Waals surface area contributed by atoms with Gasteiger partial charge < -0.3 is 14.8 Å². The monoisotopic (exact) mass is 291 g/mol. The van der Waals surface area contributed by atoms with E-state index in [1.807, 2.05) is 12.1 Å². The molecule has 6 nitrogen and oxygen atoms in total. The summed E-state index contributed by atoms with van der Waals surface area (Å²) in [5.41, 5.74) is 1.20. The van der Waals surface area contributed by atoms with E-state index in [1.165, 1.54) is 12.7 Å². The third-order valence-electron chi connectivity index (χ3n) is 3.22. The van der Waals surface area contributed by atoms with Crippen LogP contribution < -0.4 is 15.4 Å². The molecule has 0 fully saturated rings. The Hall–Kier alpha value is -2.24. The van der Waals surface area contributed by atoms with Crippen molar-refractivity contribution in [2.24, 2.45) is 4.99 Å². The highest BCUT2D eigenvalue weighted by atomic mass is 16.5. The minimum absolute atomic E-state index is 0.286. The van der Waals surface area contributed by atoms with E-state index in [2.05, 4.69) is 39.4 Å². The number of amides is 1. The zero-order valence-corrected chi connectivity index (χ0v) is 12.4. The van der Waals surface area contributed by atoms with Crippen LogP contribution in [0, 0.1) is 0 Å². The number of nitrogens with one attached hydrogen (secondary N) is 2. The average Bonchev–Trinajstić information content (AvgIpc) is 2.54. The number of guanidine groups is 1. The summed E-state index contributed by atoms with van der Waals surface area (Å²) in [6.45, 7) is 4.16. The Labute approximate surface area is 124 Å². The van der Waals surface area contributed by atoms with Crippen molar-refractivity contribution in [1.29, 1.82) is 0 Å². The third kappa shape index (κ3) is 4.37. The molecule has 0 bridgehead atoms. The number of nitrogens with zero attached hydrogens (tertiary/aromatic N) is 1. The number of carbonyl (C=O) groups is 1. The lowest BCUT2D eigenvalue weighted by Gasteiger charge is -2.23. The summed E-state index contributed by atoms with van der Waals surface area (Å²) in [4.78, 5) is 15.4. The van der Waals surface area contributed by atoms with Crippen LogP contribution in [0.4, 0.5) is 4.79 Å². The largest absolute Gasteiger partial charge is 0.494 e. The maximum Gasteiger partial charge on any atom is 0.413 e. The topological polar surface area (TPSA) is 72.0 Å². The molecule has 1 unspecified atom stereocenters. The van der Waals surface area contributed by atoms with Gasteiger partial charge in [0.05, 0.1) is 20.3 Å². The van der Waals surface area contributed by atoms with Gasteiger partial charge in [0.1, 0.15) is 5.75 Å². The van der Waals surface area contributed by atoms with Crippen LogP contribution in [-0.4, -0.2) is 38.9 Å². The maximum absolute atomic E-state index is 11.1. The fourth-order valence-electron chi connectivity index (χ4n) is 2.05. The maximum atomic E-state index is 11.1. The highest BCUT2D eigenvalue weighted by Crippen LogP contribution is 2.21. The minimum atomic E-state index is -0.517. The van der Waals surface area contributed by atoms with Crippen LogP contribution in [0.1, 0.15) is 24.8 Å². The molecule has 0 saturated carbocycles. The number of aliphatic imine (C=N–C) groups is 1. The first kappa shape index (κ1) is 15.2. The molecule has 0 aromatic heterocycles. The number of ether oxygens (including phenoxy) is 2. The summed E-state index contributed by atoms with van der Waals surface area (Å²) in [6, 6.07) is 8.09. The molecule has 1 atom stereocenters. The summed E-state index contributed by atoms with van der Waals surface area (Å²) >= 11 is 0. The molecule has 114 valence electrons. The number of hydrogen-bond acceptors (Lipinski definition) is 5. The van der Waals surface area contributed by atoms with E-state index in [0.717, 1.165) is 25.3 Å². The normalized spacial score (nSPS) is 17.4. The molecule has 1 aliphatic heterocycles. The lowest BCUT2D eigenvalue weighted by molar-refractivity contribution is 0.176. The van der Waals surface area contributed by atoms with Crippen LogP contribution in [0.5, 0.6) is 5.75 Å². The SMILES string of the molecule is CCCOc1ccc(C2CN=C(NC(=O)OC)NC2)cc1. The van der Waals surface area contributed by atoms with E-state index in [4.69, 9.17) is 4.74 Å². The third-order valence-corrected chi connectivity index (χ3v) is 3.22. The van der Waals surface area contributed by atoms with Crippen LogP contribution in [-0.2, 0) is 4.74 Å². The lowest BCUT2D eigenvalue weighted by atomic mass is 9.98. The summed E-state index contributed by atoms with van der Waals surface area (Å²) < 4.78 is 10.1. The van der Waals surface area contributed by atoms with E-state index in [9.17, 15) is 4.79 Å². The van der Waals surface area contributed by atoms with Crippen molar-refractivity contribution in [2.75, 3.05) is 26.8 Å². The molecule has 21 heavy (non-hydrogen) atoms. The van der Waals surface area contributed by atoms with Gasteiger partial charge in [-0.25, -0.2) is 4.79 Å². The molecule has 1 heterocycles. The fraction of sp³-hybridized carbons (Fsp3) is 0.467. The molecular formula is C15H21N3O3. The van der Waals surface area contributed by atoms with E-state index >= 15 is 0 Å². The van der Waals surface area contributed by atoms with Crippen molar-refractivity contribution in [3.05, 3.63) is 29.8 Å². The van der Waals surface area contributed by atoms with E-state index < -0.39 is 6.09 Å². The van der Waals surface area contributed by atoms with Gasteiger partial charge in [-0.2, -0.15) is 0 Å². The van der Waals surface area contributed by atoms with Crippen molar-refractivity contribution >= 4 is 12.1 Å². The Morgan fingerprint density at radius 3 is 2.76 bits per heavy atom. The molecule has 1 aliphatic rings. The van der Waals surface area contributed by atoms with E-state index in [-0.39, 0.29) is 5.92 Å². The van der Waals surface area contributed by atoms with Crippen molar-refractivity contribution in [3.8, 4) is 5.75 Å². The van der Waals surface area contributed by atoms with Gasteiger partial charge in [0, 0.05) is 12.5 Å². The van der Waals surface area contributed by atoms with Gasteiger partial charge in [-0.1, -0.05) is 19.1 Å². The van der Waals surface area contributed by atoms with Gasteiger partial charge in [-0.05, 0) is 24.1 Å². The number of alkyl carbamates (subject to hydrolysis) is 1. The summed E-state index contributed by atoms with van der Waals surface area (Å²) in [5, 5.41) is 5.62. The quantitative estimate of drug-likeness (QED) is 0.888. The van der Waals surface area contributed by atoms with Crippen LogP contribution in [0.25, 0.3) is 0 Å². The summed E-state index contributed by atoms with van der Waals surface area (Å²) in [6.07, 6.45) is 0.482. The molecule has 0 aliphatic carbocycles. The molecule has 0 spiro atoms. The van der Waals surface area contributed by atoms with Gasteiger partial charge in [0.15, 0.2) is 0 Å². The highest BCUT2D eigenvalue weighted by Gasteiger charge is 2.18. The minimum Gasteiger partial charge on any atom is -0.494 e. The summed E-state index contributed by atoms with van der Waals surface area (Å²) in [7, 11) is 1.32. The van der Waals surface area contributed by atoms with Crippen LogP contribution in [0.2, 0.25) is 0 Å². The smallest absolute Gasteiger partial charge is 0.413 e. The Kier molecular flexibility index (Phi) is 5.43. The van der Waals surface area contributed by atoms with Crippen LogP contribution in [0.15, 0.2) is 29.3 Å². The first-order valence-electron chi connectivity index (χ1n) is 7.09. The molecule has 1 aromatic rings. The predicted molar refractivity (Wildman–Crippen MR) is 80.8 cm³/mol. The average molecular weight is 291 g/mol. The predicted octanol–water partition coefficient (Wildman–Crippen LogP) is 1.87. The number of rotatable bonds is 4. The zero-order chi connectivity index (χ0) is 15.1. The zero-order valence-electron chi connectivity index (χ0n) is 12.4. The molecule has 0 radical (unpaired) electrons. The van der Waals surface area contributed by atoms with Crippen molar-refractivity contribution in [1.82, 2.24) is 10.6 Å². The second-order valence-corrected chi connectivity index (χ2v) is 4.80. The van der Waals surface area contributed by atoms with Gasteiger partial charge in [0.2, 0.25) is 5.96 Å². The Balaban J connectivity index is 1.90.